The molecule has 2 N–H and O–H groups in total. The van der Waals surface area contributed by atoms with Gasteiger partial charge in [0.1, 0.15) is 17.6 Å². The van der Waals surface area contributed by atoms with Crippen LogP contribution >= 0.6 is 0 Å². The highest BCUT2D eigenvalue weighted by Crippen LogP contribution is 2.24. The smallest absolute Gasteiger partial charge is 0.247 e. The summed E-state index contributed by atoms with van der Waals surface area (Å²) in [5, 5.41) is 9.32. The van der Waals surface area contributed by atoms with E-state index in [-0.39, 0.29) is 17.8 Å². The lowest BCUT2D eigenvalue weighted by molar-refractivity contribution is -0.116. The molecule has 24 heavy (non-hydrogen) atoms. The zero-order valence-electron chi connectivity index (χ0n) is 14.6. The van der Waals surface area contributed by atoms with Crippen LogP contribution in [-0.4, -0.2) is 30.2 Å². The van der Waals surface area contributed by atoms with Gasteiger partial charge in [-0.05, 0) is 45.9 Å². The molecule has 0 saturated heterocycles. The van der Waals surface area contributed by atoms with Crippen molar-refractivity contribution in [2.75, 3.05) is 22.6 Å². The normalized spacial score (nSPS) is 12.1. The molecule has 1 amide bonds. The molecule has 130 valence electrons. The summed E-state index contributed by atoms with van der Waals surface area (Å²) >= 11 is 0. The predicted octanol–water partition coefficient (Wildman–Crippen LogP) is 3.41. The van der Waals surface area contributed by atoms with Crippen molar-refractivity contribution in [3.63, 3.8) is 0 Å². The second-order valence-electron chi connectivity index (χ2n) is 6.05. The standard InChI is InChI=1S/C17H23FN4O2/c1-10(2)22(5)15-7-6-13(9-14(15)18)19-12(4)17(23)20-16-8-11(3)24-21-16/h6-10,12,19H,1-5H3,(H,20,21,23)/t12-/m1/s1. The summed E-state index contributed by atoms with van der Waals surface area (Å²) in [5.74, 6) is 0.340. The third-order valence-electron chi connectivity index (χ3n) is 3.76. The summed E-state index contributed by atoms with van der Waals surface area (Å²) in [5.41, 5.74) is 1.05. The number of hydrogen-bond acceptors (Lipinski definition) is 5. The van der Waals surface area contributed by atoms with E-state index < -0.39 is 6.04 Å². The van der Waals surface area contributed by atoms with Crippen molar-refractivity contribution >= 4 is 23.1 Å². The van der Waals surface area contributed by atoms with E-state index >= 15 is 0 Å². The fourth-order valence-electron chi connectivity index (χ4n) is 2.14. The number of amides is 1. The topological polar surface area (TPSA) is 70.4 Å². The van der Waals surface area contributed by atoms with Crippen molar-refractivity contribution in [1.29, 1.82) is 0 Å². The number of carbonyl (C=O) groups is 1. The molecule has 0 bridgehead atoms. The summed E-state index contributed by atoms with van der Waals surface area (Å²) < 4.78 is 19.2. The summed E-state index contributed by atoms with van der Waals surface area (Å²) in [6.45, 7) is 7.41. The molecule has 6 nitrogen and oxygen atoms in total. The second kappa shape index (κ2) is 7.33. The number of hydrogen-bond donors (Lipinski definition) is 2. The third kappa shape index (κ3) is 4.24. The van der Waals surface area contributed by atoms with Crippen LogP contribution in [-0.2, 0) is 4.79 Å². The van der Waals surface area contributed by atoms with Gasteiger partial charge in [-0.15, -0.1) is 0 Å². The van der Waals surface area contributed by atoms with E-state index in [1.807, 2.05) is 25.8 Å². The van der Waals surface area contributed by atoms with Gasteiger partial charge in [0.2, 0.25) is 5.91 Å². The Bertz CT molecular complexity index is 714. The van der Waals surface area contributed by atoms with Gasteiger partial charge in [-0.25, -0.2) is 4.39 Å². The average Bonchev–Trinajstić information content (AvgIpc) is 2.91. The quantitative estimate of drug-likeness (QED) is 0.847. The summed E-state index contributed by atoms with van der Waals surface area (Å²) in [7, 11) is 1.84. The van der Waals surface area contributed by atoms with Crippen LogP contribution in [0.15, 0.2) is 28.8 Å². The van der Waals surface area contributed by atoms with Gasteiger partial charge < -0.3 is 20.1 Å². The van der Waals surface area contributed by atoms with E-state index in [2.05, 4.69) is 15.8 Å². The van der Waals surface area contributed by atoms with Crippen LogP contribution in [0.3, 0.4) is 0 Å². The molecule has 1 heterocycles. The van der Waals surface area contributed by atoms with Crippen LogP contribution in [0.1, 0.15) is 26.5 Å². The SMILES string of the molecule is Cc1cc(NC(=O)[C@@H](C)Nc2ccc(N(C)C(C)C)c(F)c2)no1. The lowest BCUT2D eigenvalue weighted by atomic mass is 10.2. The number of aromatic nitrogens is 1. The van der Waals surface area contributed by atoms with Crippen molar-refractivity contribution < 1.29 is 13.7 Å². The van der Waals surface area contributed by atoms with Crippen LogP contribution in [0.4, 0.5) is 21.6 Å². The highest BCUT2D eigenvalue weighted by atomic mass is 19.1. The molecule has 2 aromatic rings. The molecular weight excluding hydrogens is 311 g/mol. The third-order valence-corrected chi connectivity index (χ3v) is 3.76. The molecule has 1 aromatic carbocycles. The van der Waals surface area contributed by atoms with E-state index in [1.54, 1.807) is 32.0 Å². The Morgan fingerprint density at radius 3 is 2.54 bits per heavy atom. The van der Waals surface area contributed by atoms with Crippen molar-refractivity contribution in [1.82, 2.24) is 5.16 Å². The van der Waals surface area contributed by atoms with Crippen LogP contribution < -0.4 is 15.5 Å². The molecule has 1 aromatic heterocycles. The minimum Gasteiger partial charge on any atom is -0.374 e. The number of benzene rings is 1. The Morgan fingerprint density at radius 1 is 1.29 bits per heavy atom. The zero-order valence-corrected chi connectivity index (χ0v) is 14.6. The maximum atomic E-state index is 14.3. The van der Waals surface area contributed by atoms with Gasteiger partial charge in [0.05, 0.1) is 5.69 Å². The highest BCUT2D eigenvalue weighted by molar-refractivity contribution is 5.95. The Morgan fingerprint density at radius 2 is 2.00 bits per heavy atom. The zero-order chi connectivity index (χ0) is 17.9. The maximum absolute atomic E-state index is 14.3. The van der Waals surface area contributed by atoms with E-state index in [9.17, 15) is 9.18 Å². The minimum absolute atomic E-state index is 0.189. The van der Waals surface area contributed by atoms with Gasteiger partial charge >= 0.3 is 0 Å². The van der Waals surface area contributed by atoms with E-state index in [0.29, 0.717) is 23.0 Å². The summed E-state index contributed by atoms with van der Waals surface area (Å²) in [6.07, 6.45) is 0. The number of aryl methyl sites for hydroxylation is 1. The number of rotatable bonds is 6. The number of nitrogens with zero attached hydrogens (tertiary/aromatic N) is 2. The molecule has 1 atom stereocenters. The van der Waals surface area contributed by atoms with E-state index in [4.69, 9.17) is 4.52 Å². The Labute approximate surface area is 141 Å². The van der Waals surface area contributed by atoms with Gasteiger partial charge in [-0.3, -0.25) is 4.79 Å². The maximum Gasteiger partial charge on any atom is 0.247 e. The van der Waals surface area contributed by atoms with Crippen LogP contribution in [0.2, 0.25) is 0 Å². The largest absolute Gasteiger partial charge is 0.374 e. The molecule has 7 heteroatoms. The first-order chi connectivity index (χ1) is 11.3. The molecule has 0 aliphatic rings. The Kier molecular flexibility index (Phi) is 5.43. The molecule has 0 saturated carbocycles. The van der Waals surface area contributed by atoms with Gasteiger partial charge in [-0.1, -0.05) is 5.16 Å². The lowest BCUT2D eigenvalue weighted by Crippen LogP contribution is -2.32. The second-order valence-corrected chi connectivity index (χ2v) is 6.05. The van der Waals surface area contributed by atoms with Crippen molar-refractivity contribution in [3.05, 3.63) is 35.8 Å². The van der Waals surface area contributed by atoms with Crippen molar-refractivity contribution in [2.24, 2.45) is 0 Å². The Balaban J connectivity index is 2.02. The molecule has 0 aliphatic heterocycles. The minimum atomic E-state index is -0.560. The van der Waals surface area contributed by atoms with Crippen molar-refractivity contribution in [2.45, 2.75) is 39.8 Å². The molecule has 2 rings (SSSR count). The van der Waals surface area contributed by atoms with Crippen LogP contribution in [0, 0.1) is 12.7 Å². The Hall–Kier alpha value is -2.57. The van der Waals surface area contributed by atoms with E-state index in [1.165, 1.54) is 6.07 Å². The fraction of sp³-hybridized carbons (Fsp3) is 0.412. The van der Waals surface area contributed by atoms with Crippen molar-refractivity contribution in [3.8, 4) is 0 Å². The van der Waals surface area contributed by atoms with Gasteiger partial charge in [-0.2, -0.15) is 0 Å². The molecular formula is C17H23FN4O2. The molecule has 0 aliphatic carbocycles. The predicted molar refractivity (Wildman–Crippen MR) is 92.9 cm³/mol. The summed E-state index contributed by atoms with van der Waals surface area (Å²) in [6, 6.07) is 6.09. The number of nitrogens with one attached hydrogen (secondary N) is 2. The first-order valence-corrected chi connectivity index (χ1v) is 7.81. The van der Waals surface area contributed by atoms with E-state index in [0.717, 1.165) is 0 Å². The molecule has 0 unspecified atom stereocenters. The van der Waals surface area contributed by atoms with Gasteiger partial charge in [0.25, 0.3) is 0 Å². The summed E-state index contributed by atoms with van der Waals surface area (Å²) in [4.78, 5) is 14.0. The monoisotopic (exact) mass is 334 g/mol. The molecule has 0 spiro atoms. The van der Waals surface area contributed by atoms with Crippen LogP contribution in [0.5, 0.6) is 0 Å². The van der Waals surface area contributed by atoms with Crippen LogP contribution in [0.25, 0.3) is 0 Å². The first-order valence-electron chi connectivity index (χ1n) is 7.81. The van der Waals surface area contributed by atoms with Gasteiger partial charge in [0.15, 0.2) is 5.82 Å². The lowest BCUT2D eigenvalue weighted by Gasteiger charge is -2.24. The molecule has 0 radical (unpaired) electrons. The molecule has 0 fully saturated rings. The highest BCUT2D eigenvalue weighted by Gasteiger charge is 2.16. The average molecular weight is 334 g/mol. The number of anilines is 3. The number of halogens is 1. The fourth-order valence-corrected chi connectivity index (χ4v) is 2.14. The van der Waals surface area contributed by atoms with Gasteiger partial charge in [0, 0.05) is 24.8 Å². The first kappa shape index (κ1) is 17.8. The number of carbonyl (C=O) groups excluding carboxylic acids is 1.